The van der Waals surface area contributed by atoms with Crippen LogP contribution in [0, 0.1) is 5.41 Å². The van der Waals surface area contributed by atoms with E-state index in [4.69, 9.17) is 5.73 Å². The van der Waals surface area contributed by atoms with Crippen molar-refractivity contribution < 1.29 is 0 Å². The van der Waals surface area contributed by atoms with Crippen LogP contribution in [-0.2, 0) is 6.42 Å². The molecule has 1 atom stereocenters. The lowest BCUT2D eigenvalue weighted by Gasteiger charge is -2.23. The Hall–Kier alpha value is -0.820. The van der Waals surface area contributed by atoms with Crippen LogP contribution in [0.1, 0.15) is 32.8 Å². The molecule has 0 aromatic heterocycles. The Morgan fingerprint density at radius 3 is 2.21 bits per heavy atom. The van der Waals surface area contributed by atoms with E-state index >= 15 is 0 Å². The van der Waals surface area contributed by atoms with Crippen molar-refractivity contribution in [2.24, 2.45) is 11.1 Å². The van der Waals surface area contributed by atoms with E-state index < -0.39 is 0 Å². The molecule has 0 bridgehead atoms. The molecular weight excluding hydrogens is 170 g/mol. The van der Waals surface area contributed by atoms with Gasteiger partial charge in [0.25, 0.3) is 0 Å². The van der Waals surface area contributed by atoms with Gasteiger partial charge in [0, 0.05) is 6.04 Å². The Balaban J connectivity index is 2.46. The molecule has 1 aromatic carbocycles. The molecule has 0 amide bonds. The van der Waals surface area contributed by atoms with Gasteiger partial charge in [0.2, 0.25) is 0 Å². The van der Waals surface area contributed by atoms with Crippen molar-refractivity contribution in [1.82, 2.24) is 0 Å². The highest BCUT2D eigenvalue weighted by Gasteiger charge is 2.15. The van der Waals surface area contributed by atoms with E-state index in [2.05, 4.69) is 45.0 Å². The lowest BCUT2D eigenvalue weighted by Crippen LogP contribution is -2.28. The average molecular weight is 191 g/mol. The van der Waals surface area contributed by atoms with Crippen molar-refractivity contribution in [3.8, 4) is 0 Å². The van der Waals surface area contributed by atoms with Gasteiger partial charge in [-0.25, -0.2) is 0 Å². The first-order valence-corrected chi connectivity index (χ1v) is 5.27. The van der Waals surface area contributed by atoms with Gasteiger partial charge in [-0.3, -0.25) is 0 Å². The van der Waals surface area contributed by atoms with Crippen molar-refractivity contribution in [2.45, 2.75) is 39.7 Å². The summed E-state index contributed by atoms with van der Waals surface area (Å²) in [6.45, 7) is 6.70. The third-order valence-corrected chi connectivity index (χ3v) is 2.22. The summed E-state index contributed by atoms with van der Waals surface area (Å²) in [5.74, 6) is 0. The summed E-state index contributed by atoms with van der Waals surface area (Å²) in [4.78, 5) is 0. The fraction of sp³-hybridized carbons (Fsp3) is 0.538. The highest BCUT2D eigenvalue weighted by molar-refractivity contribution is 5.15. The van der Waals surface area contributed by atoms with Crippen molar-refractivity contribution >= 4 is 0 Å². The molecule has 14 heavy (non-hydrogen) atoms. The summed E-state index contributed by atoms with van der Waals surface area (Å²) in [5.41, 5.74) is 7.76. The van der Waals surface area contributed by atoms with Gasteiger partial charge in [0.05, 0.1) is 0 Å². The summed E-state index contributed by atoms with van der Waals surface area (Å²) in [5, 5.41) is 0. The maximum absolute atomic E-state index is 6.09. The van der Waals surface area contributed by atoms with Crippen molar-refractivity contribution in [3.05, 3.63) is 35.9 Å². The predicted molar refractivity (Wildman–Crippen MR) is 62.2 cm³/mol. The standard InChI is InChI=1S/C13H21N/c1-13(2,3)10-12(14)9-11-7-5-4-6-8-11/h4-8,12H,9-10,14H2,1-3H3/t12-/m0/s1. The Labute approximate surface area is 87.3 Å². The van der Waals surface area contributed by atoms with Crippen LogP contribution in [0.3, 0.4) is 0 Å². The molecule has 2 N–H and O–H groups in total. The molecule has 78 valence electrons. The molecule has 0 saturated carbocycles. The van der Waals surface area contributed by atoms with Crippen LogP contribution in [0.25, 0.3) is 0 Å². The first-order valence-electron chi connectivity index (χ1n) is 5.27. The predicted octanol–water partition coefficient (Wildman–Crippen LogP) is 2.99. The van der Waals surface area contributed by atoms with Crippen LogP contribution >= 0.6 is 0 Å². The Morgan fingerprint density at radius 2 is 1.71 bits per heavy atom. The van der Waals surface area contributed by atoms with Crippen LogP contribution in [0.5, 0.6) is 0 Å². The van der Waals surface area contributed by atoms with Gasteiger partial charge in [-0.2, -0.15) is 0 Å². The summed E-state index contributed by atoms with van der Waals surface area (Å²) in [6.07, 6.45) is 2.06. The summed E-state index contributed by atoms with van der Waals surface area (Å²) in [6, 6.07) is 10.7. The molecule has 0 aliphatic rings. The lowest BCUT2D eigenvalue weighted by molar-refractivity contribution is 0.338. The fourth-order valence-corrected chi connectivity index (χ4v) is 1.78. The lowest BCUT2D eigenvalue weighted by atomic mass is 9.86. The minimum absolute atomic E-state index is 0.275. The fourth-order valence-electron chi connectivity index (χ4n) is 1.78. The second-order valence-electron chi connectivity index (χ2n) is 5.21. The molecule has 0 unspecified atom stereocenters. The molecule has 0 heterocycles. The van der Waals surface area contributed by atoms with Crippen molar-refractivity contribution in [1.29, 1.82) is 0 Å². The van der Waals surface area contributed by atoms with Gasteiger partial charge in [0.1, 0.15) is 0 Å². The first-order chi connectivity index (χ1) is 6.47. The number of hydrogen-bond acceptors (Lipinski definition) is 1. The highest BCUT2D eigenvalue weighted by atomic mass is 14.6. The molecule has 1 nitrogen and oxygen atoms in total. The van der Waals surface area contributed by atoms with E-state index in [-0.39, 0.29) is 6.04 Å². The van der Waals surface area contributed by atoms with E-state index in [1.165, 1.54) is 5.56 Å². The van der Waals surface area contributed by atoms with Gasteiger partial charge in [-0.1, -0.05) is 51.1 Å². The third-order valence-electron chi connectivity index (χ3n) is 2.22. The van der Waals surface area contributed by atoms with Gasteiger partial charge < -0.3 is 5.73 Å². The van der Waals surface area contributed by atoms with Crippen LogP contribution in [-0.4, -0.2) is 6.04 Å². The molecule has 0 aliphatic heterocycles. The molecule has 1 rings (SSSR count). The topological polar surface area (TPSA) is 26.0 Å². The third kappa shape index (κ3) is 4.43. The van der Waals surface area contributed by atoms with E-state index in [0.29, 0.717) is 5.41 Å². The Kier molecular flexibility index (Phi) is 3.70. The molecule has 0 aliphatic carbocycles. The Morgan fingerprint density at radius 1 is 1.14 bits per heavy atom. The SMILES string of the molecule is CC(C)(C)C[C@@H](N)Cc1ccccc1. The normalized spacial score (nSPS) is 14.0. The molecule has 0 saturated heterocycles. The van der Waals surface area contributed by atoms with E-state index in [1.54, 1.807) is 0 Å². The molecule has 0 fully saturated rings. The van der Waals surface area contributed by atoms with Gasteiger partial charge in [-0.15, -0.1) is 0 Å². The number of nitrogens with two attached hydrogens (primary N) is 1. The largest absolute Gasteiger partial charge is 0.327 e. The summed E-state index contributed by atoms with van der Waals surface area (Å²) in [7, 11) is 0. The number of hydrogen-bond donors (Lipinski definition) is 1. The van der Waals surface area contributed by atoms with Crippen molar-refractivity contribution in [2.75, 3.05) is 0 Å². The van der Waals surface area contributed by atoms with Crippen molar-refractivity contribution in [3.63, 3.8) is 0 Å². The van der Waals surface area contributed by atoms with Gasteiger partial charge >= 0.3 is 0 Å². The van der Waals surface area contributed by atoms with Crippen LogP contribution < -0.4 is 5.73 Å². The summed E-state index contributed by atoms with van der Waals surface area (Å²) < 4.78 is 0. The second-order valence-corrected chi connectivity index (χ2v) is 5.21. The average Bonchev–Trinajstić information content (AvgIpc) is 2.02. The Bertz CT molecular complexity index is 258. The first kappa shape index (κ1) is 11.3. The maximum atomic E-state index is 6.09. The monoisotopic (exact) mass is 191 g/mol. The minimum Gasteiger partial charge on any atom is -0.327 e. The second kappa shape index (κ2) is 4.61. The van der Waals surface area contributed by atoms with E-state index in [0.717, 1.165) is 12.8 Å². The number of benzene rings is 1. The van der Waals surface area contributed by atoms with E-state index in [9.17, 15) is 0 Å². The molecular formula is C13H21N. The zero-order valence-electron chi connectivity index (χ0n) is 9.46. The minimum atomic E-state index is 0.275. The van der Waals surface area contributed by atoms with E-state index in [1.807, 2.05) is 6.07 Å². The number of rotatable bonds is 3. The van der Waals surface area contributed by atoms with Crippen LogP contribution in [0.2, 0.25) is 0 Å². The molecule has 0 spiro atoms. The van der Waals surface area contributed by atoms with Gasteiger partial charge in [-0.05, 0) is 23.8 Å². The summed E-state index contributed by atoms with van der Waals surface area (Å²) >= 11 is 0. The molecule has 1 heteroatoms. The molecule has 0 radical (unpaired) electrons. The van der Waals surface area contributed by atoms with Crippen LogP contribution in [0.15, 0.2) is 30.3 Å². The van der Waals surface area contributed by atoms with Gasteiger partial charge in [0.15, 0.2) is 0 Å². The van der Waals surface area contributed by atoms with Crippen LogP contribution in [0.4, 0.5) is 0 Å². The zero-order chi connectivity index (χ0) is 10.6. The highest BCUT2D eigenvalue weighted by Crippen LogP contribution is 2.21. The zero-order valence-corrected chi connectivity index (χ0v) is 9.46. The smallest absolute Gasteiger partial charge is 0.00843 e. The maximum Gasteiger partial charge on any atom is 0.00843 e. The molecule has 1 aromatic rings. The quantitative estimate of drug-likeness (QED) is 0.781.